The highest BCUT2D eigenvalue weighted by Gasteiger charge is 2.10. The van der Waals surface area contributed by atoms with Crippen LogP contribution < -0.4 is 11.1 Å². The van der Waals surface area contributed by atoms with Crippen LogP contribution in [0.4, 0.5) is 11.4 Å². The molecule has 0 aliphatic heterocycles. The molecule has 0 radical (unpaired) electrons. The third kappa shape index (κ3) is 5.32. The molecule has 0 saturated heterocycles. The summed E-state index contributed by atoms with van der Waals surface area (Å²) in [5.41, 5.74) is 7.15. The van der Waals surface area contributed by atoms with Crippen LogP contribution >= 0.6 is 11.8 Å². The Hall–Kier alpha value is -0.880. The number of hydrogen-bond acceptors (Lipinski definition) is 5. The largest absolute Gasteiger partial charge is 0.397 e. The second-order valence-corrected chi connectivity index (χ2v) is 7.96. The average molecular weight is 302 g/mol. The van der Waals surface area contributed by atoms with E-state index in [0.717, 1.165) is 23.6 Å². The Labute approximate surface area is 120 Å². The monoisotopic (exact) mass is 302 g/mol. The number of sulfone groups is 1. The number of nitrogen functional groups attached to an aromatic ring is 1. The van der Waals surface area contributed by atoms with Crippen molar-refractivity contribution in [2.24, 2.45) is 0 Å². The van der Waals surface area contributed by atoms with Gasteiger partial charge in [0.05, 0.1) is 16.3 Å². The number of thioether (sulfide) groups is 1. The van der Waals surface area contributed by atoms with E-state index in [1.165, 1.54) is 12.3 Å². The lowest BCUT2D eigenvalue weighted by atomic mass is 10.2. The summed E-state index contributed by atoms with van der Waals surface area (Å²) < 4.78 is 22.8. The van der Waals surface area contributed by atoms with Crippen molar-refractivity contribution in [1.29, 1.82) is 0 Å². The van der Waals surface area contributed by atoms with Gasteiger partial charge in [0.25, 0.3) is 0 Å². The minimum Gasteiger partial charge on any atom is -0.397 e. The Morgan fingerprint density at radius 3 is 2.63 bits per heavy atom. The van der Waals surface area contributed by atoms with Gasteiger partial charge in [-0.25, -0.2) is 8.42 Å². The first kappa shape index (κ1) is 16.2. The summed E-state index contributed by atoms with van der Waals surface area (Å²) in [5, 5.41) is 3.31. The normalized spacial score (nSPS) is 13.2. The average Bonchev–Trinajstić information content (AvgIpc) is 2.31. The second-order valence-electron chi connectivity index (χ2n) is 4.55. The molecule has 1 aromatic rings. The molecule has 0 heterocycles. The number of rotatable bonds is 7. The number of anilines is 2. The molecule has 0 aliphatic rings. The molecule has 0 saturated carbocycles. The lowest BCUT2D eigenvalue weighted by Gasteiger charge is -2.17. The standard InChI is InChI=1S/C13H22N2O2S2/c1-4-18-8-7-10(2)15-13-6-5-11(9-12(13)14)19(3,16)17/h5-6,9-10,15H,4,7-8,14H2,1-3H3. The van der Waals surface area contributed by atoms with Gasteiger partial charge in [0.15, 0.2) is 9.84 Å². The van der Waals surface area contributed by atoms with E-state index in [4.69, 9.17) is 5.73 Å². The summed E-state index contributed by atoms with van der Waals surface area (Å²) in [6, 6.07) is 5.13. The number of benzene rings is 1. The van der Waals surface area contributed by atoms with Crippen LogP contribution in [0.1, 0.15) is 20.3 Å². The smallest absolute Gasteiger partial charge is 0.175 e. The van der Waals surface area contributed by atoms with Gasteiger partial charge in [-0.1, -0.05) is 6.92 Å². The van der Waals surface area contributed by atoms with E-state index in [0.29, 0.717) is 11.7 Å². The Morgan fingerprint density at radius 1 is 1.42 bits per heavy atom. The first-order valence-corrected chi connectivity index (χ1v) is 9.33. The van der Waals surface area contributed by atoms with Gasteiger partial charge < -0.3 is 11.1 Å². The minimum atomic E-state index is -3.20. The van der Waals surface area contributed by atoms with Gasteiger partial charge in [-0.15, -0.1) is 0 Å². The van der Waals surface area contributed by atoms with Crippen LogP contribution in [0.15, 0.2) is 23.1 Å². The predicted molar refractivity (Wildman–Crippen MR) is 84.7 cm³/mol. The Bertz CT molecular complexity index is 515. The van der Waals surface area contributed by atoms with E-state index >= 15 is 0 Å². The fourth-order valence-electron chi connectivity index (χ4n) is 1.64. The Kier molecular flexibility index (Phi) is 6.00. The van der Waals surface area contributed by atoms with E-state index in [2.05, 4.69) is 19.2 Å². The first-order chi connectivity index (χ1) is 8.84. The lowest BCUT2D eigenvalue weighted by molar-refractivity contribution is 0.602. The van der Waals surface area contributed by atoms with Crippen LogP contribution in [-0.2, 0) is 9.84 Å². The molecule has 1 aromatic carbocycles. The summed E-state index contributed by atoms with van der Waals surface area (Å²) in [7, 11) is -3.20. The van der Waals surface area contributed by atoms with Gasteiger partial charge >= 0.3 is 0 Å². The highest BCUT2D eigenvalue weighted by Crippen LogP contribution is 2.23. The summed E-state index contributed by atoms with van der Waals surface area (Å²) in [6.45, 7) is 4.24. The van der Waals surface area contributed by atoms with E-state index in [-0.39, 0.29) is 4.90 Å². The second kappa shape index (κ2) is 7.05. The third-order valence-corrected chi connectivity index (χ3v) is 4.80. The van der Waals surface area contributed by atoms with Crippen LogP contribution in [0, 0.1) is 0 Å². The molecule has 3 N–H and O–H groups in total. The molecule has 0 bridgehead atoms. The SMILES string of the molecule is CCSCCC(C)Nc1ccc(S(C)(=O)=O)cc1N. The van der Waals surface area contributed by atoms with Crippen LogP contribution in [0.3, 0.4) is 0 Å². The molecule has 0 amide bonds. The fourth-order valence-corrected chi connectivity index (χ4v) is 3.11. The third-order valence-electron chi connectivity index (χ3n) is 2.75. The van der Waals surface area contributed by atoms with E-state index < -0.39 is 9.84 Å². The number of nitrogens with one attached hydrogen (secondary N) is 1. The molecule has 0 spiro atoms. The van der Waals surface area contributed by atoms with Gasteiger partial charge in [0.1, 0.15) is 0 Å². The molecule has 0 aromatic heterocycles. The molecule has 0 fully saturated rings. The van der Waals surface area contributed by atoms with Crippen molar-refractivity contribution in [3.8, 4) is 0 Å². The highest BCUT2D eigenvalue weighted by atomic mass is 32.2. The number of nitrogens with two attached hydrogens (primary N) is 1. The Balaban J connectivity index is 2.70. The van der Waals surface area contributed by atoms with Crippen molar-refractivity contribution in [2.45, 2.75) is 31.2 Å². The zero-order chi connectivity index (χ0) is 14.5. The molecule has 108 valence electrons. The van der Waals surface area contributed by atoms with Crippen LogP contribution in [0.2, 0.25) is 0 Å². The molecule has 1 rings (SSSR count). The van der Waals surface area contributed by atoms with Crippen molar-refractivity contribution in [1.82, 2.24) is 0 Å². The summed E-state index contributed by atoms with van der Waals surface area (Å²) in [5.74, 6) is 2.23. The molecular formula is C13H22N2O2S2. The summed E-state index contributed by atoms with van der Waals surface area (Å²) >= 11 is 1.91. The number of hydrogen-bond donors (Lipinski definition) is 2. The lowest BCUT2D eigenvalue weighted by Crippen LogP contribution is -2.17. The predicted octanol–water partition coefficient (Wildman–Crippen LogP) is 2.62. The van der Waals surface area contributed by atoms with E-state index in [9.17, 15) is 8.42 Å². The fraction of sp³-hybridized carbons (Fsp3) is 0.538. The van der Waals surface area contributed by atoms with Crippen molar-refractivity contribution >= 4 is 33.0 Å². The van der Waals surface area contributed by atoms with E-state index in [1.807, 2.05) is 11.8 Å². The molecule has 6 heteroatoms. The van der Waals surface area contributed by atoms with Gasteiger partial charge in [-0.2, -0.15) is 11.8 Å². The molecule has 1 unspecified atom stereocenters. The van der Waals surface area contributed by atoms with E-state index in [1.54, 1.807) is 12.1 Å². The summed E-state index contributed by atoms with van der Waals surface area (Å²) in [4.78, 5) is 0.254. The maximum atomic E-state index is 11.4. The van der Waals surface area contributed by atoms with Crippen molar-refractivity contribution < 1.29 is 8.42 Å². The summed E-state index contributed by atoms with van der Waals surface area (Å²) in [6.07, 6.45) is 2.23. The molecule has 1 atom stereocenters. The first-order valence-electron chi connectivity index (χ1n) is 6.28. The van der Waals surface area contributed by atoms with Gasteiger partial charge in [-0.05, 0) is 43.0 Å². The van der Waals surface area contributed by atoms with Crippen molar-refractivity contribution in [3.63, 3.8) is 0 Å². The zero-order valence-electron chi connectivity index (χ0n) is 11.6. The van der Waals surface area contributed by atoms with Crippen molar-refractivity contribution in [3.05, 3.63) is 18.2 Å². The maximum absolute atomic E-state index is 11.4. The van der Waals surface area contributed by atoms with Crippen LogP contribution in [0.5, 0.6) is 0 Å². The Morgan fingerprint density at radius 2 is 2.11 bits per heavy atom. The molecule has 0 aliphatic carbocycles. The molecule has 4 nitrogen and oxygen atoms in total. The van der Waals surface area contributed by atoms with Crippen molar-refractivity contribution in [2.75, 3.05) is 28.8 Å². The maximum Gasteiger partial charge on any atom is 0.175 e. The molecular weight excluding hydrogens is 280 g/mol. The van der Waals surface area contributed by atoms with Gasteiger partial charge in [0.2, 0.25) is 0 Å². The topological polar surface area (TPSA) is 72.2 Å². The van der Waals surface area contributed by atoms with Gasteiger partial charge in [0, 0.05) is 12.3 Å². The highest BCUT2D eigenvalue weighted by molar-refractivity contribution is 7.99. The van der Waals surface area contributed by atoms with Crippen LogP contribution in [0.25, 0.3) is 0 Å². The quantitative estimate of drug-likeness (QED) is 0.598. The zero-order valence-corrected chi connectivity index (χ0v) is 13.3. The van der Waals surface area contributed by atoms with Gasteiger partial charge in [-0.3, -0.25) is 0 Å². The molecule has 19 heavy (non-hydrogen) atoms. The minimum absolute atomic E-state index is 0.254. The van der Waals surface area contributed by atoms with Crippen LogP contribution in [-0.4, -0.2) is 32.2 Å².